The van der Waals surface area contributed by atoms with Crippen LogP contribution >= 0.6 is 11.6 Å². The second kappa shape index (κ2) is 6.13. The van der Waals surface area contributed by atoms with Gasteiger partial charge in [-0.1, -0.05) is 0 Å². The van der Waals surface area contributed by atoms with Crippen LogP contribution in [0.2, 0.25) is 5.28 Å². The number of rotatable bonds is 5. The van der Waals surface area contributed by atoms with E-state index in [1.54, 1.807) is 4.90 Å². The predicted octanol–water partition coefficient (Wildman–Crippen LogP) is 1.42. The SMILES string of the molecule is C#CCCCNc1nc(Cl)nc(N(C)C)n1. The first kappa shape index (κ1) is 12.5. The van der Waals surface area contributed by atoms with Crippen molar-refractivity contribution in [2.24, 2.45) is 0 Å². The van der Waals surface area contributed by atoms with E-state index in [9.17, 15) is 0 Å². The normalized spacial score (nSPS) is 9.62. The molecule has 1 aromatic heterocycles. The molecule has 0 aliphatic heterocycles. The first-order chi connectivity index (χ1) is 7.63. The summed E-state index contributed by atoms with van der Waals surface area (Å²) in [5, 5.41) is 3.23. The predicted molar refractivity (Wildman–Crippen MR) is 65.7 cm³/mol. The third kappa shape index (κ3) is 3.91. The topological polar surface area (TPSA) is 53.9 Å². The Morgan fingerprint density at radius 3 is 2.75 bits per heavy atom. The maximum Gasteiger partial charge on any atom is 0.230 e. The molecule has 0 amide bonds. The van der Waals surface area contributed by atoms with Gasteiger partial charge in [0, 0.05) is 27.1 Å². The number of nitrogens with zero attached hydrogens (tertiary/aromatic N) is 4. The molecule has 0 saturated carbocycles. The number of hydrogen-bond donors (Lipinski definition) is 1. The van der Waals surface area contributed by atoms with Crippen molar-refractivity contribution in [3.05, 3.63) is 5.28 Å². The highest BCUT2D eigenvalue weighted by Gasteiger charge is 2.05. The fraction of sp³-hybridized carbons (Fsp3) is 0.500. The average molecular weight is 240 g/mol. The highest BCUT2D eigenvalue weighted by molar-refractivity contribution is 6.28. The van der Waals surface area contributed by atoms with Gasteiger partial charge < -0.3 is 10.2 Å². The zero-order chi connectivity index (χ0) is 12.0. The minimum absolute atomic E-state index is 0.179. The molecule has 0 bridgehead atoms. The summed E-state index contributed by atoms with van der Waals surface area (Å²) in [4.78, 5) is 13.9. The van der Waals surface area contributed by atoms with Gasteiger partial charge >= 0.3 is 0 Å². The Kier molecular flexibility index (Phi) is 4.80. The fourth-order valence-electron chi connectivity index (χ4n) is 1.01. The molecule has 0 aromatic carbocycles. The number of unbranched alkanes of at least 4 members (excludes halogenated alkanes) is 1. The standard InChI is InChI=1S/C10H14ClN5/c1-4-5-6-7-12-9-13-8(11)14-10(15-9)16(2)3/h1H,5-7H2,2-3H3,(H,12,13,14,15). The van der Waals surface area contributed by atoms with Gasteiger partial charge in [-0.15, -0.1) is 12.3 Å². The molecule has 16 heavy (non-hydrogen) atoms. The largest absolute Gasteiger partial charge is 0.354 e. The second-order valence-corrected chi connectivity index (χ2v) is 3.69. The lowest BCUT2D eigenvalue weighted by molar-refractivity contribution is 0.879. The van der Waals surface area contributed by atoms with E-state index in [-0.39, 0.29) is 5.28 Å². The van der Waals surface area contributed by atoms with E-state index < -0.39 is 0 Å². The lowest BCUT2D eigenvalue weighted by Gasteiger charge is -2.11. The third-order valence-corrected chi connectivity index (χ3v) is 1.95. The summed E-state index contributed by atoms with van der Waals surface area (Å²) < 4.78 is 0. The molecule has 1 aromatic rings. The van der Waals surface area contributed by atoms with Gasteiger partial charge in [-0.3, -0.25) is 0 Å². The summed E-state index contributed by atoms with van der Waals surface area (Å²) in [7, 11) is 3.68. The van der Waals surface area contributed by atoms with Crippen LogP contribution in [0.5, 0.6) is 0 Å². The first-order valence-corrected chi connectivity index (χ1v) is 5.27. The molecule has 5 nitrogen and oxygen atoms in total. The van der Waals surface area contributed by atoms with E-state index in [2.05, 4.69) is 26.2 Å². The van der Waals surface area contributed by atoms with Crippen LogP contribution in [0.3, 0.4) is 0 Å². The van der Waals surface area contributed by atoms with Crippen molar-refractivity contribution in [2.75, 3.05) is 30.9 Å². The van der Waals surface area contributed by atoms with Crippen molar-refractivity contribution >= 4 is 23.5 Å². The number of terminal acetylenes is 1. The lowest BCUT2D eigenvalue weighted by atomic mass is 10.3. The van der Waals surface area contributed by atoms with E-state index >= 15 is 0 Å². The highest BCUT2D eigenvalue weighted by Crippen LogP contribution is 2.11. The zero-order valence-electron chi connectivity index (χ0n) is 9.37. The van der Waals surface area contributed by atoms with Crippen molar-refractivity contribution in [1.29, 1.82) is 0 Å². The van der Waals surface area contributed by atoms with Gasteiger partial charge in [0.2, 0.25) is 17.2 Å². The Bertz CT molecular complexity index is 385. The molecule has 0 fully saturated rings. The van der Waals surface area contributed by atoms with Crippen LogP contribution < -0.4 is 10.2 Å². The number of anilines is 2. The van der Waals surface area contributed by atoms with Gasteiger partial charge in [0.1, 0.15) is 0 Å². The molecular formula is C10H14ClN5. The maximum atomic E-state index is 5.77. The van der Waals surface area contributed by atoms with E-state index in [1.807, 2.05) is 14.1 Å². The Hall–Kier alpha value is -1.54. The Balaban J connectivity index is 2.62. The third-order valence-electron chi connectivity index (χ3n) is 1.78. The van der Waals surface area contributed by atoms with E-state index in [1.165, 1.54) is 0 Å². The van der Waals surface area contributed by atoms with Crippen molar-refractivity contribution in [1.82, 2.24) is 15.0 Å². The Labute approximate surface area is 100 Å². The lowest BCUT2D eigenvalue weighted by Crippen LogP contribution is -2.15. The molecule has 1 rings (SSSR count). The molecule has 0 aliphatic rings. The van der Waals surface area contributed by atoms with Gasteiger partial charge in [0.05, 0.1) is 0 Å². The molecule has 0 spiro atoms. The van der Waals surface area contributed by atoms with Crippen molar-refractivity contribution in [3.63, 3.8) is 0 Å². The van der Waals surface area contributed by atoms with E-state index in [0.29, 0.717) is 11.9 Å². The van der Waals surface area contributed by atoms with E-state index in [0.717, 1.165) is 19.4 Å². The second-order valence-electron chi connectivity index (χ2n) is 3.36. The van der Waals surface area contributed by atoms with Crippen molar-refractivity contribution in [2.45, 2.75) is 12.8 Å². The van der Waals surface area contributed by atoms with Gasteiger partial charge in [-0.25, -0.2) is 0 Å². The molecule has 0 atom stereocenters. The number of aromatic nitrogens is 3. The molecule has 0 saturated heterocycles. The van der Waals surface area contributed by atoms with Crippen LogP contribution in [0.4, 0.5) is 11.9 Å². The molecular weight excluding hydrogens is 226 g/mol. The molecule has 1 heterocycles. The zero-order valence-corrected chi connectivity index (χ0v) is 10.1. The van der Waals surface area contributed by atoms with Crippen LogP contribution in [0.25, 0.3) is 0 Å². The summed E-state index contributed by atoms with van der Waals surface area (Å²) >= 11 is 5.77. The monoisotopic (exact) mass is 239 g/mol. The minimum Gasteiger partial charge on any atom is -0.354 e. The van der Waals surface area contributed by atoms with Gasteiger partial charge in [0.15, 0.2) is 0 Å². The van der Waals surface area contributed by atoms with Crippen LogP contribution in [-0.4, -0.2) is 35.6 Å². The molecule has 0 unspecified atom stereocenters. The molecule has 1 N–H and O–H groups in total. The van der Waals surface area contributed by atoms with Crippen LogP contribution in [0.15, 0.2) is 0 Å². The summed E-state index contributed by atoms with van der Waals surface area (Å²) in [6.07, 6.45) is 6.75. The highest BCUT2D eigenvalue weighted by atomic mass is 35.5. The average Bonchev–Trinajstić information content (AvgIpc) is 2.23. The quantitative estimate of drug-likeness (QED) is 0.622. The van der Waals surface area contributed by atoms with Crippen molar-refractivity contribution in [3.8, 4) is 12.3 Å². The maximum absolute atomic E-state index is 5.77. The Morgan fingerprint density at radius 1 is 1.38 bits per heavy atom. The summed E-state index contributed by atoms with van der Waals surface area (Å²) in [5.41, 5.74) is 0. The minimum atomic E-state index is 0.179. The van der Waals surface area contributed by atoms with Gasteiger partial charge in [-0.2, -0.15) is 15.0 Å². The Morgan fingerprint density at radius 2 is 2.12 bits per heavy atom. The fourth-order valence-corrected chi connectivity index (χ4v) is 1.16. The molecule has 86 valence electrons. The molecule has 0 aliphatic carbocycles. The first-order valence-electron chi connectivity index (χ1n) is 4.89. The van der Waals surface area contributed by atoms with E-state index in [4.69, 9.17) is 18.0 Å². The smallest absolute Gasteiger partial charge is 0.230 e. The summed E-state index contributed by atoms with van der Waals surface area (Å²) in [5.74, 6) is 3.57. The number of hydrogen-bond acceptors (Lipinski definition) is 5. The summed E-state index contributed by atoms with van der Waals surface area (Å²) in [6.45, 7) is 0.720. The number of halogens is 1. The molecule has 6 heteroatoms. The number of nitrogens with one attached hydrogen (secondary N) is 1. The van der Waals surface area contributed by atoms with Crippen LogP contribution in [-0.2, 0) is 0 Å². The van der Waals surface area contributed by atoms with Gasteiger partial charge in [-0.05, 0) is 18.0 Å². The van der Waals surface area contributed by atoms with Gasteiger partial charge in [0.25, 0.3) is 0 Å². The molecule has 0 radical (unpaired) electrons. The summed E-state index contributed by atoms with van der Waals surface area (Å²) in [6, 6.07) is 0. The van der Waals surface area contributed by atoms with Crippen LogP contribution in [0, 0.1) is 12.3 Å². The van der Waals surface area contributed by atoms with Crippen molar-refractivity contribution < 1.29 is 0 Å². The van der Waals surface area contributed by atoms with Crippen LogP contribution in [0.1, 0.15) is 12.8 Å².